The third kappa shape index (κ3) is 2.70. The van der Waals surface area contributed by atoms with E-state index in [4.69, 9.17) is 5.26 Å². The zero-order chi connectivity index (χ0) is 10.6. The topological polar surface area (TPSA) is 35.8 Å². The van der Waals surface area contributed by atoms with E-state index >= 15 is 0 Å². The first-order valence-corrected chi connectivity index (χ1v) is 4.16. The van der Waals surface area contributed by atoms with Crippen LogP contribution in [0.3, 0.4) is 0 Å². The van der Waals surface area contributed by atoms with E-state index in [1.165, 1.54) is 0 Å². The average molecular weight is 196 g/mol. The van der Waals surface area contributed by atoms with Gasteiger partial charge in [0.05, 0.1) is 17.8 Å². The van der Waals surface area contributed by atoms with Gasteiger partial charge in [-0.3, -0.25) is 0 Å². The molecule has 0 heterocycles. The Kier molecular flexibility index (Phi) is 3.41. The minimum absolute atomic E-state index is 0.385. The molecule has 0 unspecified atom stereocenters. The van der Waals surface area contributed by atoms with Crippen LogP contribution in [-0.4, -0.2) is 13.0 Å². The van der Waals surface area contributed by atoms with Crippen LogP contribution < -0.4 is 5.32 Å². The molecule has 0 aliphatic carbocycles. The van der Waals surface area contributed by atoms with Crippen LogP contribution in [0.15, 0.2) is 18.2 Å². The molecule has 0 fully saturated rings. The van der Waals surface area contributed by atoms with E-state index in [0.29, 0.717) is 11.3 Å². The number of alkyl halides is 2. The van der Waals surface area contributed by atoms with E-state index in [2.05, 4.69) is 5.32 Å². The van der Waals surface area contributed by atoms with Crippen molar-refractivity contribution in [1.29, 1.82) is 5.26 Å². The molecule has 14 heavy (non-hydrogen) atoms. The van der Waals surface area contributed by atoms with E-state index in [1.54, 1.807) is 18.2 Å². The normalized spacial score (nSPS) is 9.93. The van der Waals surface area contributed by atoms with E-state index in [9.17, 15) is 8.78 Å². The van der Waals surface area contributed by atoms with Crippen molar-refractivity contribution in [2.75, 3.05) is 11.9 Å². The SMILES string of the molecule is Cc1ccc(C#N)c(NCC(F)F)c1. The van der Waals surface area contributed by atoms with E-state index < -0.39 is 13.0 Å². The molecule has 1 N–H and O–H groups in total. The van der Waals surface area contributed by atoms with Crippen LogP contribution >= 0.6 is 0 Å². The Labute approximate surface area is 81.2 Å². The van der Waals surface area contributed by atoms with Gasteiger partial charge in [-0.05, 0) is 24.6 Å². The lowest BCUT2D eigenvalue weighted by Gasteiger charge is -2.07. The van der Waals surface area contributed by atoms with E-state index in [-0.39, 0.29) is 0 Å². The lowest BCUT2D eigenvalue weighted by atomic mass is 10.1. The summed E-state index contributed by atoms with van der Waals surface area (Å²) >= 11 is 0. The van der Waals surface area contributed by atoms with Gasteiger partial charge in [-0.2, -0.15) is 5.26 Å². The molecule has 0 atom stereocenters. The minimum atomic E-state index is -2.41. The fourth-order valence-corrected chi connectivity index (χ4v) is 1.09. The van der Waals surface area contributed by atoms with E-state index in [0.717, 1.165) is 5.56 Å². The molecule has 0 aliphatic heterocycles. The highest BCUT2D eigenvalue weighted by molar-refractivity contribution is 5.58. The summed E-state index contributed by atoms with van der Waals surface area (Å²) in [4.78, 5) is 0. The summed E-state index contributed by atoms with van der Waals surface area (Å²) in [5, 5.41) is 11.2. The fraction of sp³-hybridized carbons (Fsp3) is 0.300. The second kappa shape index (κ2) is 4.56. The maximum atomic E-state index is 11.9. The maximum Gasteiger partial charge on any atom is 0.255 e. The molecule has 0 radical (unpaired) electrons. The number of nitrogens with one attached hydrogen (secondary N) is 1. The number of benzene rings is 1. The van der Waals surface area contributed by atoms with Gasteiger partial charge in [-0.25, -0.2) is 8.78 Å². The number of nitriles is 1. The summed E-state index contributed by atoms with van der Waals surface area (Å²) in [5.41, 5.74) is 1.78. The molecule has 0 saturated heterocycles. The number of halogens is 2. The van der Waals surface area contributed by atoms with Gasteiger partial charge in [0.15, 0.2) is 0 Å². The molecule has 0 aliphatic rings. The second-order valence-electron chi connectivity index (χ2n) is 2.93. The van der Waals surface area contributed by atoms with Gasteiger partial charge in [0, 0.05) is 0 Å². The summed E-state index contributed by atoms with van der Waals surface area (Å²) < 4.78 is 23.8. The van der Waals surface area contributed by atoms with Crippen LogP contribution in [0.2, 0.25) is 0 Å². The van der Waals surface area contributed by atoms with Crippen molar-refractivity contribution >= 4 is 5.69 Å². The molecule has 1 aromatic rings. The predicted molar refractivity (Wildman–Crippen MR) is 50.4 cm³/mol. The smallest absolute Gasteiger partial charge is 0.255 e. The Morgan fingerprint density at radius 2 is 2.21 bits per heavy atom. The van der Waals surface area contributed by atoms with Crippen molar-refractivity contribution in [2.45, 2.75) is 13.3 Å². The first kappa shape index (κ1) is 10.5. The van der Waals surface area contributed by atoms with Crippen molar-refractivity contribution in [2.24, 2.45) is 0 Å². The third-order valence-electron chi connectivity index (χ3n) is 1.74. The molecule has 74 valence electrons. The largest absolute Gasteiger partial charge is 0.378 e. The lowest BCUT2D eigenvalue weighted by molar-refractivity contribution is 0.163. The average Bonchev–Trinajstić information content (AvgIpc) is 2.15. The number of rotatable bonds is 3. The molecule has 0 amide bonds. The predicted octanol–water partition coefficient (Wildman–Crippen LogP) is 2.54. The highest BCUT2D eigenvalue weighted by Crippen LogP contribution is 2.16. The molecule has 0 saturated carbocycles. The van der Waals surface area contributed by atoms with Crippen LogP contribution in [0.25, 0.3) is 0 Å². The summed E-state index contributed by atoms with van der Waals surface area (Å²) in [7, 11) is 0. The van der Waals surface area contributed by atoms with Crippen LogP contribution in [0.1, 0.15) is 11.1 Å². The van der Waals surface area contributed by atoms with Crippen LogP contribution in [0, 0.1) is 18.3 Å². The molecular weight excluding hydrogens is 186 g/mol. The summed E-state index contributed by atoms with van der Waals surface area (Å²) in [6.07, 6.45) is -2.41. The van der Waals surface area contributed by atoms with Crippen molar-refractivity contribution in [3.8, 4) is 6.07 Å². The van der Waals surface area contributed by atoms with Crippen LogP contribution in [-0.2, 0) is 0 Å². The van der Waals surface area contributed by atoms with E-state index in [1.807, 2.05) is 13.0 Å². The molecule has 1 rings (SSSR count). The quantitative estimate of drug-likeness (QED) is 0.806. The number of hydrogen-bond donors (Lipinski definition) is 1. The van der Waals surface area contributed by atoms with Gasteiger partial charge < -0.3 is 5.32 Å². The van der Waals surface area contributed by atoms with Crippen LogP contribution in [0.4, 0.5) is 14.5 Å². The number of nitrogens with zero attached hydrogens (tertiary/aromatic N) is 1. The van der Waals surface area contributed by atoms with Crippen LogP contribution in [0.5, 0.6) is 0 Å². The molecule has 0 spiro atoms. The maximum absolute atomic E-state index is 11.9. The van der Waals surface area contributed by atoms with Gasteiger partial charge in [0.2, 0.25) is 0 Å². The second-order valence-corrected chi connectivity index (χ2v) is 2.93. The van der Waals surface area contributed by atoms with Gasteiger partial charge in [-0.15, -0.1) is 0 Å². The third-order valence-corrected chi connectivity index (χ3v) is 1.74. The fourth-order valence-electron chi connectivity index (χ4n) is 1.09. The zero-order valence-corrected chi connectivity index (χ0v) is 7.72. The van der Waals surface area contributed by atoms with Crippen molar-refractivity contribution in [3.05, 3.63) is 29.3 Å². The lowest BCUT2D eigenvalue weighted by Crippen LogP contribution is -2.11. The van der Waals surface area contributed by atoms with Gasteiger partial charge >= 0.3 is 0 Å². The first-order chi connectivity index (χ1) is 6.63. The Morgan fingerprint density at radius 1 is 1.50 bits per heavy atom. The molecule has 1 aromatic carbocycles. The van der Waals surface area contributed by atoms with Crippen molar-refractivity contribution < 1.29 is 8.78 Å². The minimum Gasteiger partial charge on any atom is -0.378 e. The summed E-state index contributed by atoms with van der Waals surface area (Å²) in [5.74, 6) is 0. The van der Waals surface area contributed by atoms with Gasteiger partial charge in [0.1, 0.15) is 6.07 Å². The molecule has 4 heteroatoms. The molecule has 0 bridgehead atoms. The first-order valence-electron chi connectivity index (χ1n) is 4.16. The Bertz CT molecular complexity index is 356. The highest BCUT2D eigenvalue weighted by atomic mass is 19.3. The number of hydrogen-bond acceptors (Lipinski definition) is 2. The summed E-state index contributed by atoms with van der Waals surface area (Å²) in [6.45, 7) is 1.41. The van der Waals surface area contributed by atoms with Crippen molar-refractivity contribution in [3.63, 3.8) is 0 Å². The molecular formula is C10H10F2N2. The molecule has 2 nitrogen and oxygen atoms in total. The standard InChI is InChI=1S/C10H10F2N2/c1-7-2-3-8(5-13)9(4-7)14-6-10(11)12/h2-4,10,14H,6H2,1H3. The zero-order valence-electron chi connectivity index (χ0n) is 7.72. The van der Waals surface area contributed by atoms with Gasteiger partial charge in [0.25, 0.3) is 6.43 Å². The highest BCUT2D eigenvalue weighted by Gasteiger charge is 2.05. The van der Waals surface area contributed by atoms with Gasteiger partial charge in [-0.1, -0.05) is 6.07 Å². The van der Waals surface area contributed by atoms with Crippen molar-refractivity contribution in [1.82, 2.24) is 0 Å². The number of aryl methyl sites for hydroxylation is 1. The Morgan fingerprint density at radius 3 is 2.79 bits per heavy atom. The summed E-state index contributed by atoms with van der Waals surface area (Å²) in [6, 6.07) is 7.00. The molecule has 0 aromatic heterocycles. The Hall–Kier alpha value is -1.63. The Balaban J connectivity index is 2.84. The monoisotopic (exact) mass is 196 g/mol. The number of anilines is 1.